The van der Waals surface area contributed by atoms with Crippen LogP contribution in [0.2, 0.25) is 0 Å². The molecule has 0 rings (SSSR count). The predicted octanol–water partition coefficient (Wildman–Crippen LogP) is 0.0300. The van der Waals surface area contributed by atoms with Crippen LogP contribution >= 0.6 is 0 Å². The molecule has 9 heavy (non-hydrogen) atoms. The molecule has 0 saturated heterocycles. The average Bonchev–Trinajstić information content (AvgIpc) is 1.89. The summed E-state index contributed by atoms with van der Waals surface area (Å²) >= 11 is 0. The van der Waals surface area contributed by atoms with Crippen molar-refractivity contribution >= 4 is 5.84 Å². The topological polar surface area (TPSA) is 53.8 Å². The second kappa shape index (κ2) is 5.53. The molecule has 4 heteroatoms. The van der Waals surface area contributed by atoms with Gasteiger partial charge in [0.1, 0.15) is 5.84 Å². The Labute approximate surface area is 54.5 Å². The van der Waals surface area contributed by atoms with E-state index in [4.69, 9.17) is 9.94 Å². The Morgan fingerprint density at radius 3 is 2.89 bits per heavy atom. The lowest BCUT2D eigenvalue weighted by Crippen LogP contribution is -2.15. The summed E-state index contributed by atoms with van der Waals surface area (Å²) in [5.74, 6) is 0.507. The van der Waals surface area contributed by atoms with E-state index in [0.717, 1.165) is 0 Å². The highest BCUT2D eigenvalue weighted by molar-refractivity contribution is 5.78. The van der Waals surface area contributed by atoms with Gasteiger partial charge in [0.05, 0.1) is 13.2 Å². The smallest absolute Gasteiger partial charge is 0.117 e. The number of amidine groups is 1. The average molecular weight is 132 g/mol. The molecule has 0 radical (unpaired) electrons. The molecule has 4 nitrogen and oxygen atoms in total. The van der Waals surface area contributed by atoms with Crippen LogP contribution in [0.3, 0.4) is 0 Å². The monoisotopic (exact) mass is 132 g/mol. The van der Waals surface area contributed by atoms with Crippen LogP contribution in [0.1, 0.15) is 6.92 Å². The molecule has 2 N–H and O–H groups in total. The minimum atomic E-state index is 0.507. The molecule has 0 aliphatic carbocycles. The van der Waals surface area contributed by atoms with Crippen LogP contribution in [0.15, 0.2) is 4.99 Å². The molecule has 0 spiro atoms. The number of hydroxylamine groups is 1. The van der Waals surface area contributed by atoms with E-state index in [2.05, 4.69) is 4.99 Å². The fraction of sp³-hybridized carbons (Fsp3) is 0.800. The van der Waals surface area contributed by atoms with Gasteiger partial charge >= 0.3 is 0 Å². The summed E-state index contributed by atoms with van der Waals surface area (Å²) in [6.07, 6.45) is 0. The van der Waals surface area contributed by atoms with Crippen LogP contribution in [0.4, 0.5) is 0 Å². The van der Waals surface area contributed by atoms with E-state index in [1.165, 1.54) is 0 Å². The van der Waals surface area contributed by atoms with Gasteiger partial charge in [-0.2, -0.15) is 0 Å². The molecule has 54 valence electrons. The van der Waals surface area contributed by atoms with Crippen molar-refractivity contribution in [3.05, 3.63) is 0 Å². The summed E-state index contributed by atoms with van der Waals surface area (Å²) in [6, 6.07) is 0. The van der Waals surface area contributed by atoms with Crippen molar-refractivity contribution in [3.8, 4) is 0 Å². The first-order valence-corrected chi connectivity index (χ1v) is 2.71. The maximum atomic E-state index is 8.21. The molecule has 0 amide bonds. The second-order valence-electron chi connectivity index (χ2n) is 1.57. The SMILES string of the molecule is COCCN=C(C)NO. The molecule has 0 unspecified atom stereocenters. The number of aliphatic imine (C=N–C) groups is 1. The van der Waals surface area contributed by atoms with E-state index in [1.807, 2.05) is 5.48 Å². The summed E-state index contributed by atoms with van der Waals surface area (Å²) in [4.78, 5) is 3.86. The molecule has 0 saturated carbocycles. The molecule has 0 aromatic rings. The number of methoxy groups -OCH3 is 1. The van der Waals surface area contributed by atoms with E-state index >= 15 is 0 Å². The van der Waals surface area contributed by atoms with Gasteiger partial charge in [0, 0.05) is 7.11 Å². The van der Waals surface area contributed by atoms with Crippen molar-refractivity contribution in [2.24, 2.45) is 4.99 Å². The Hall–Kier alpha value is -0.610. The molecule has 0 aliphatic rings. The number of rotatable bonds is 3. The lowest BCUT2D eigenvalue weighted by molar-refractivity contribution is 0.206. The number of nitrogens with one attached hydrogen (secondary N) is 1. The van der Waals surface area contributed by atoms with Crippen LogP contribution in [-0.2, 0) is 4.74 Å². The summed E-state index contributed by atoms with van der Waals surface area (Å²) < 4.78 is 4.72. The molecule has 0 fully saturated rings. The van der Waals surface area contributed by atoms with Crippen molar-refractivity contribution < 1.29 is 9.94 Å². The highest BCUT2D eigenvalue weighted by Gasteiger charge is 1.82. The lowest BCUT2D eigenvalue weighted by atomic mass is 10.6. The highest BCUT2D eigenvalue weighted by atomic mass is 16.5. The number of nitrogens with zero attached hydrogens (tertiary/aromatic N) is 1. The van der Waals surface area contributed by atoms with E-state index < -0.39 is 0 Å². The number of hydrogen-bond donors (Lipinski definition) is 2. The van der Waals surface area contributed by atoms with Gasteiger partial charge in [0.15, 0.2) is 0 Å². The largest absolute Gasteiger partial charge is 0.383 e. The fourth-order valence-electron chi connectivity index (χ4n) is 0.340. The predicted molar refractivity (Wildman–Crippen MR) is 34.8 cm³/mol. The fourth-order valence-corrected chi connectivity index (χ4v) is 0.340. The third-order valence-electron chi connectivity index (χ3n) is 0.806. The van der Waals surface area contributed by atoms with E-state index in [0.29, 0.717) is 19.0 Å². The summed E-state index contributed by atoms with van der Waals surface area (Å²) in [5, 5.41) is 8.21. The Morgan fingerprint density at radius 2 is 2.44 bits per heavy atom. The van der Waals surface area contributed by atoms with Gasteiger partial charge in [-0.25, -0.2) is 0 Å². The van der Waals surface area contributed by atoms with Gasteiger partial charge in [0.25, 0.3) is 0 Å². The molecular formula is C5H12N2O2. The third kappa shape index (κ3) is 5.26. The Morgan fingerprint density at radius 1 is 1.78 bits per heavy atom. The maximum absolute atomic E-state index is 8.21. The maximum Gasteiger partial charge on any atom is 0.117 e. The van der Waals surface area contributed by atoms with E-state index in [1.54, 1.807) is 14.0 Å². The minimum absolute atomic E-state index is 0.507. The molecule has 0 aliphatic heterocycles. The quantitative estimate of drug-likeness (QED) is 0.246. The van der Waals surface area contributed by atoms with E-state index in [-0.39, 0.29) is 0 Å². The minimum Gasteiger partial charge on any atom is -0.383 e. The Kier molecular flexibility index (Phi) is 5.15. The van der Waals surface area contributed by atoms with Gasteiger partial charge < -0.3 is 4.74 Å². The number of hydrogen-bond acceptors (Lipinski definition) is 3. The summed E-state index contributed by atoms with van der Waals surface area (Å²) in [5.41, 5.74) is 1.92. The highest BCUT2D eigenvalue weighted by Crippen LogP contribution is 1.73. The Balaban J connectivity index is 3.21. The van der Waals surface area contributed by atoms with Crippen molar-refractivity contribution in [2.45, 2.75) is 6.92 Å². The van der Waals surface area contributed by atoms with Crippen molar-refractivity contribution in [3.63, 3.8) is 0 Å². The first kappa shape index (κ1) is 8.39. The molecule has 0 heterocycles. The zero-order valence-electron chi connectivity index (χ0n) is 5.72. The molecule has 0 aromatic heterocycles. The molecular weight excluding hydrogens is 120 g/mol. The van der Waals surface area contributed by atoms with Crippen LogP contribution < -0.4 is 5.48 Å². The molecule has 0 atom stereocenters. The van der Waals surface area contributed by atoms with Crippen LogP contribution in [0.5, 0.6) is 0 Å². The van der Waals surface area contributed by atoms with Gasteiger partial charge in [-0.15, -0.1) is 0 Å². The standard InChI is InChI=1S/C5H12N2O2/c1-5(7-8)6-3-4-9-2/h8H,3-4H2,1-2H3,(H,6,7). The van der Waals surface area contributed by atoms with Crippen molar-refractivity contribution in [1.29, 1.82) is 0 Å². The van der Waals surface area contributed by atoms with Gasteiger partial charge in [-0.1, -0.05) is 0 Å². The zero-order valence-corrected chi connectivity index (χ0v) is 5.72. The summed E-state index contributed by atoms with van der Waals surface area (Å²) in [7, 11) is 1.61. The summed E-state index contributed by atoms with van der Waals surface area (Å²) in [6.45, 7) is 2.84. The molecule has 0 bridgehead atoms. The number of ether oxygens (including phenoxy) is 1. The normalized spacial score (nSPS) is 11.7. The zero-order chi connectivity index (χ0) is 7.11. The van der Waals surface area contributed by atoms with Gasteiger partial charge in [-0.05, 0) is 6.92 Å². The lowest BCUT2D eigenvalue weighted by Gasteiger charge is -1.95. The van der Waals surface area contributed by atoms with Gasteiger partial charge in [0.2, 0.25) is 0 Å². The van der Waals surface area contributed by atoms with Crippen LogP contribution in [0, 0.1) is 0 Å². The van der Waals surface area contributed by atoms with Gasteiger partial charge in [-0.3, -0.25) is 15.7 Å². The first-order chi connectivity index (χ1) is 4.31. The van der Waals surface area contributed by atoms with Crippen molar-refractivity contribution in [1.82, 2.24) is 5.48 Å². The Bertz CT molecular complexity index is 93.0. The van der Waals surface area contributed by atoms with Crippen molar-refractivity contribution in [2.75, 3.05) is 20.3 Å². The van der Waals surface area contributed by atoms with Crippen LogP contribution in [-0.4, -0.2) is 31.3 Å². The second-order valence-corrected chi connectivity index (χ2v) is 1.57. The third-order valence-corrected chi connectivity index (χ3v) is 0.806. The molecule has 0 aromatic carbocycles. The first-order valence-electron chi connectivity index (χ1n) is 2.71. The van der Waals surface area contributed by atoms with E-state index in [9.17, 15) is 0 Å². The van der Waals surface area contributed by atoms with Crippen LogP contribution in [0.25, 0.3) is 0 Å².